The summed E-state index contributed by atoms with van der Waals surface area (Å²) < 4.78 is 13.2. The molecule has 0 radical (unpaired) electrons. The van der Waals surface area contributed by atoms with Crippen molar-refractivity contribution in [1.82, 2.24) is 10.2 Å². The van der Waals surface area contributed by atoms with Gasteiger partial charge in [-0.1, -0.05) is 0 Å². The molecule has 2 rings (SSSR count). The second kappa shape index (κ2) is 4.44. The molecule has 1 aromatic heterocycles. The summed E-state index contributed by atoms with van der Waals surface area (Å²) >= 11 is 3.13. The van der Waals surface area contributed by atoms with Gasteiger partial charge in [0.15, 0.2) is 0 Å². The maximum Gasteiger partial charge on any atom is 0.257 e. The number of benzene rings is 1. The van der Waals surface area contributed by atoms with E-state index < -0.39 is 5.82 Å². The third-order valence-corrected chi connectivity index (χ3v) is 2.58. The van der Waals surface area contributed by atoms with E-state index in [0.29, 0.717) is 15.9 Å². The van der Waals surface area contributed by atoms with Crippen LogP contribution < -0.4 is 5.32 Å². The maximum absolute atomic E-state index is 12.8. The van der Waals surface area contributed by atoms with Crippen molar-refractivity contribution in [3.05, 3.63) is 46.3 Å². The monoisotopic (exact) mass is 283 g/mol. The number of hydrogen-bond acceptors (Lipinski definition) is 2. The lowest BCUT2D eigenvalue weighted by Crippen LogP contribution is -2.12. The highest BCUT2D eigenvalue weighted by Crippen LogP contribution is 2.18. The zero-order valence-corrected chi connectivity index (χ0v) is 9.58. The van der Waals surface area contributed by atoms with Crippen molar-refractivity contribution < 1.29 is 9.18 Å². The van der Waals surface area contributed by atoms with Crippen LogP contribution in [0.25, 0.3) is 0 Å². The fraction of sp³-hybridized carbons (Fsp3) is 0. The quantitative estimate of drug-likeness (QED) is 0.890. The standard InChI is InChI=1S/C10H7BrFN3O/c11-8-5-6(12)1-2-7(8)10(16)14-9-3-4-13-15-9/h1-5H,(H2,13,14,15,16). The van der Waals surface area contributed by atoms with E-state index in [2.05, 4.69) is 31.4 Å². The van der Waals surface area contributed by atoms with Crippen molar-refractivity contribution in [3.63, 3.8) is 0 Å². The molecule has 2 aromatic rings. The Kier molecular flexibility index (Phi) is 3.00. The zero-order chi connectivity index (χ0) is 11.5. The van der Waals surface area contributed by atoms with Gasteiger partial charge in [-0.3, -0.25) is 9.89 Å². The molecule has 0 saturated heterocycles. The molecular weight excluding hydrogens is 277 g/mol. The number of anilines is 1. The van der Waals surface area contributed by atoms with E-state index in [4.69, 9.17) is 0 Å². The van der Waals surface area contributed by atoms with Gasteiger partial charge in [0.1, 0.15) is 11.6 Å². The van der Waals surface area contributed by atoms with E-state index in [1.165, 1.54) is 24.4 Å². The summed E-state index contributed by atoms with van der Waals surface area (Å²) in [5.41, 5.74) is 0.357. The Balaban J connectivity index is 2.21. The molecule has 0 aliphatic rings. The Morgan fingerprint density at radius 2 is 2.25 bits per heavy atom. The highest BCUT2D eigenvalue weighted by atomic mass is 79.9. The van der Waals surface area contributed by atoms with Crippen LogP contribution in [-0.2, 0) is 0 Å². The van der Waals surface area contributed by atoms with Crippen LogP contribution in [0.15, 0.2) is 34.9 Å². The Morgan fingerprint density at radius 3 is 2.88 bits per heavy atom. The second-order valence-electron chi connectivity index (χ2n) is 3.05. The number of nitrogens with one attached hydrogen (secondary N) is 2. The predicted molar refractivity (Wildman–Crippen MR) is 60.6 cm³/mol. The average molecular weight is 284 g/mol. The van der Waals surface area contributed by atoms with E-state index in [9.17, 15) is 9.18 Å². The maximum atomic E-state index is 12.8. The Labute approximate surface area is 99.0 Å². The van der Waals surface area contributed by atoms with Gasteiger partial charge in [0, 0.05) is 10.5 Å². The van der Waals surface area contributed by atoms with Gasteiger partial charge in [0.05, 0.1) is 11.8 Å². The summed E-state index contributed by atoms with van der Waals surface area (Å²) in [6.45, 7) is 0. The van der Waals surface area contributed by atoms with Gasteiger partial charge in [-0.2, -0.15) is 5.10 Å². The van der Waals surface area contributed by atoms with Gasteiger partial charge in [-0.25, -0.2) is 4.39 Å². The van der Waals surface area contributed by atoms with Gasteiger partial charge in [0.2, 0.25) is 0 Å². The van der Waals surface area contributed by atoms with Crippen LogP contribution in [0.5, 0.6) is 0 Å². The molecule has 16 heavy (non-hydrogen) atoms. The molecule has 0 atom stereocenters. The number of amides is 1. The summed E-state index contributed by atoms with van der Waals surface area (Å²) in [4.78, 5) is 11.7. The number of nitrogens with zero attached hydrogens (tertiary/aromatic N) is 1. The first-order valence-electron chi connectivity index (χ1n) is 4.42. The summed E-state index contributed by atoms with van der Waals surface area (Å²) in [6.07, 6.45) is 1.52. The number of aromatic nitrogens is 2. The van der Waals surface area contributed by atoms with Gasteiger partial charge < -0.3 is 5.32 Å². The molecule has 0 saturated carbocycles. The van der Waals surface area contributed by atoms with Crippen molar-refractivity contribution in [2.24, 2.45) is 0 Å². The smallest absolute Gasteiger partial charge is 0.257 e. The average Bonchev–Trinajstić information content (AvgIpc) is 2.70. The number of carbonyl (C=O) groups is 1. The molecule has 0 aliphatic carbocycles. The van der Waals surface area contributed by atoms with E-state index in [1.54, 1.807) is 6.07 Å². The minimum atomic E-state index is -0.398. The highest BCUT2D eigenvalue weighted by Gasteiger charge is 2.11. The van der Waals surface area contributed by atoms with Crippen molar-refractivity contribution in [2.45, 2.75) is 0 Å². The zero-order valence-electron chi connectivity index (χ0n) is 8.00. The van der Waals surface area contributed by atoms with Gasteiger partial charge >= 0.3 is 0 Å². The molecule has 0 aliphatic heterocycles. The highest BCUT2D eigenvalue weighted by molar-refractivity contribution is 9.10. The molecule has 1 heterocycles. The molecule has 0 spiro atoms. The lowest BCUT2D eigenvalue weighted by atomic mass is 10.2. The predicted octanol–water partition coefficient (Wildman–Crippen LogP) is 2.56. The number of halogens is 2. The molecule has 6 heteroatoms. The number of rotatable bonds is 2. The molecule has 0 unspecified atom stereocenters. The van der Waals surface area contributed by atoms with Crippen LogP contribution >= 0.6 is 15.9 Å². The first kappa shape index (κ1) is 10.8. The fourth-order valence-corrected chi connectivity index (χ4v) is 1.72. The minimum Gasteiger partial charge on any atom is -0.307 e. The van der Waals surface area contributed by atoms with Crippen molar-refractivity contribution in [3.8, 4) is 0 Å². The van der Waals surface area contributed by atoms with Crippen molar-refractivity contribution >= 4 is 27.7 Å². The molecule has 0 fully saturated rings. The summed E-state index contributed by atoms with van der Waals surface area (Å²) in [5.74, 6) is -0.248. The number of aromatic amines is 1. The third kappa shape index (κ3) is 2.27. The number of hydrogen-bond donors (Lipinski definition) is 2. The van der Waals surface area contributed by atoms with Crippen LogP contribution in [0.1, 0.15) is 10.4 Å². The normalized spacial score (nSPS) is 10.1. The molecule has 82 valence electrons. The molecule has 4 nitrogen and oxygen atoms in total. The second-order valence-corrected chi connectivity index (χ2v) is 3.90. The third-order valence-electron chi connectivity index (χ3n) is 1.92. The van der Waals surface area contributed by atoms with Crippen LogP contribution in [0.4, 0.5) is 10.2 Å². The molecule has 1 aromatic carbocycles. The van der Waals surface area contributed by atoms with Crippen LogP contribution in [0, 0.1) is 5.82 Å². The SMILES string of the molecule is O=C(Nc1ccn[nH]1)c1ccc(F)cc1Br. The molecule has 2 N–H and O–H groups in total. The summed E-state index contributed by atoms with van der Waals surface area (Å²) in [7, 11) is 0. The lowest BCUT2D eigenvalue weighted by molar-refractivity contribution is 0.102. The first-order valence-corrected chi connectivity index (χ1v) is 5.22. The summed E-state index contributed by atoms with van der Waals surface area (Å²) in [6, 6.07) is 5.49. The lowest BCUT2D eigenvalue weighted by Gasteiger charge is -2.04. The van der Waals surface area contributed by atoms with Crippen LogP contribution in [0.3, 0.4) is 0 Å². The summed E-state index contributed by atoms with van der Waals surface area (Å²) in [5, 5.41) is 8.88. The Bertz CT molecular complexity index is 513. The van der Waals surface area contributed by atoms with Gasteiger partial charge in [0.25, 0.3) is 5.91 Å². The van der Waals surface area contributed by atoms with E-state index in [-0.39, 0.29) is 5.91 Å². The minimum absolute atomic E-state index is 0.337. The van der Waals surface area contributed by atoms with E-state index in [0.717, 1.165) is 0 Å². The largest absolute Gasteiger partial charge is 0.307 e. The van der Waals surface area contributed by atoms with Gasteiger partial charge in [-0.05, 0) is 34.1 Å². The van der Waals surface area contributed by atoms with Crippen LogP contribution in [-0.4, -0.2) is 16.1 Å². The molecular formula is C10H7BrFN3O. The van der Waals surface area contributed by atoms with E-state index in [1.807, 2.05) is 0 Å². The van der Waals surface area contributed by atoms with Crippen molar-refractivity contribution in [1.29, 1.82) is 0 Å². The van der Waals surface area contributed by atoms with Crippen LogP contribution in [0.2, 0.25) is 0 Å². The van der Waals surface area contributed by atoms with Gasteiger partial charge in [-0.15, -0.1) is 0 Å². The first-order chi connectivity index (χ1) is 7.66. The Hall–Kier alpha value is -1.69. The van der Waals surface area contributed by atoms with E-state index >= 15 is 0 Å². The Morgan fingerprint density at radius 1 is 1.44 bits per heavy atom. The number of H-pyrrole nitrogens is 1. The fourth-order valence-electron chi connectivity index (χ4n) is 1.19. The molecule has 1 amide bonds. The molecule has 0 bridgehead atoms. The number of carbonyl (C=O) groups excluding carboxylic acids is 1. The topological polar surface area (TPSA) is 57.8 Å². The van der Waals surface area contributed by atoms with Crippen molar-refractivity contribution in [2.75, 3.05) is 5.32 Å².